The minimum atomic E-state index is -0.264. The Morgan fingerprint density at radius 2 is 2.05 bits per heavy atom. The van der Waals surface area contributed by atoms with Crippen LogP contribution in [0, 0.1) is 0 Å². The first-order valence-electron chi connectivity index (χ1n) is 8.56. The van der Waals surface area contributed by atoms with Gasteiger partial charge < -0.3 is 9.47 Å². The van der Waals surface area contributed by atoms with Crippen LogP contribution in [0.2, 0.25) is 0 Å². The third kappa shape index (κ3) is 6.35. The summed E-state index contributed by atoms with van der Waals surface area (Å²) in [5, 5.41) is 0. The van der Waals surface area contributed by atoms with Gasteiger partial charge in [0.2, 0.25) is 0 Å². The summed E-state index contributed by atoms with van der Waals surface area (Å²) < 4.78 is 10.4. The van der Waals surface area contributed by atoms with Gasteiger partial charge >= 0.3 is 5.97 Å². The van der Waals surface area contributed by atoms with E-state index in [4.69, 9.17) is 4.74 Å². The molecule has 3 heteroatoms. The standard InChI is InChI=1S/C19H32O3/c1-6-16(11-8-10-15(3)14-18(20)21-5)12-9-13-19(4)17(7-2)22-19/h11,14,17H,6-10,12-13H2,1-5H3/b15-14+,16-11+. The Labute approximate surface area is 135 Å². The number of hydrogen-bond acceptors (Lipinski definition) is 3. The molecular formula is C19H32O3. The van der Waals surface area contributed by atoms with Crippen molar-refractivity contribution >= 4 is 5.97 Å². The van der Waals surface area contributed by atoms with Crippen LogP contribution in [0.5, 0.6) is 0 Å². The fraction of sp³-hybridized carbons (Fsp3) is 0.737. The Bertz CT molecular complexity index is 422. The van der Waals surface area contributed by atoms with Crippen LogP contribution in [0.3, 0.4) is 0 Å². The van der Waals surface area contributed by atoms with Crippen LogP contribution in [0.15, 0.2) is 23.3 Å². The first kappa shape index (κ1) is 19.0. The maximum atomic E-state index is 11.1. The van der Waals surface area contributed by atoms with E-state index >= 15 is 0 Å². The van der Waals surface area contributed by atoms with Gasteiger partial charge in [0.05, 0.1) is 18.8 Å². The van der Waals surface area contributed by atoms with Crippen molar-refractivity contribution in [3.05, 3.63) is 23.3 Å². The Kier molecular flexibility index (Phi) is 7.88. The molecule has 0 amide bonds. The van der Waals surface area contributed by atoms with Crippen LogP contribution in [0.4, 0.5) is 0 Å². The molecule has 1 aliphatic heterocycles. The number of methoxy groups -OCH3 is 1. The third-order valence-electron chi connectivity index (χ3n) is 4.57. The maximum absolute atomic E-state index is 11.1. The zero-order chi connectivity index (χ0) is 16.6. The summed E-state index contributed by atoms with van der Waals surface area (Å²) in [6, 6.07) is 0. The third-order valence-corrected chi connectivity index (χ3v) is 4.57. The van der Waals surface area contributed by atoms with E-state index in [1.54, 1.807) is 6.08 Å². The highest BCUT2D eigenvalue weighted by Gasteiger charge is 2.49. The summed E-state index contributed by atoms with van der Waals surface area (Å²) in [5.41, 5.74) is 2.74. The van der Waals surface area contributed by atoms with Crippen LogP contribution in [-0.2, 0) is 14.3 Å². The van der Waals surface area contributed by atoms with Crippen LogP contribution in [0.25, 0.3) is 0 Å². The Hall–Kier alpha value is -1.09. The molecule has 126 valence electrons. The molecule has 0 aliphatic carbocycles. The molecule has 1 heterocycles. The first-order chi connectivity index (χ1) is 10.4. The molecule has 0 aromatic carbocycles. The topological polar surface area (TPSA) is 38.8 Å². The summed E-state index contributed by atoms with van der Waals surface area (Å²) in [5.74, 6) is -0.264. The lowest BCUT2D eigenvalue weighted by molar-refractivity contribution is -0.134. The monoisotopic (exact) mass is 308 g/mol. The van der Waals surface area contributed by atoms with Crippen LogP contribution in [0.1, 0.15) is 72.6 Å². The molecule has 1 saturated heterocycles. The SMILES string of the molecule is CC/C(=C\CC/C(C)=C/C(=O)OC)CCCC1(C)OC1CC. The average Bonchev–Trinajstić information content (AvgIpc) is 3.16. The van der Waals surface area contributed by atoms with Crippen molar-refractivity contribution in [2.75, 3.05) is 7.11 Å². The lowest BCUT2D eigenvalue weighted by Crippen LogP contribution is -2.09. The zero-order valence-electron chi connectivity index (χ0n) is 14.9. The second-order valence-corrected chi connectivity index (χ2v) is 6.45. The van der Waals surface area contributed by atoms with Crippen molar-refractivity contribution < 1.29 is 14.3 Å². The second kappa shape index (κ2) is 9.14. The van der Waals surface area contributed by atoms with Crippen LogP contribution >= 0.6 is 0 Å². The molecular weight excluding hydrogens is 276 g/mol. The van der Waals surface area contributed by atoms with Crippen LogP contribution in [-0.4, -0.2) is 24.8 Å². The first-order valence-corrected chi connectivity index (χ1v) is 8.56. The molecule has 0 spiro atoms. The second-order valence-electron chi connectivity index (χ2n) is 6.45. The molecule has 0 radical (unpaired) electrons. The Morgan fingerprint density at radius 1 is 1.32 bits per heavy atom. The largest absolute Gasteiger partial charge is 0.466 e. The summed E-state index contributed by atoms with van der Waals surface area (Å²) >= 11 is 0. The number of esters is 1. The smallest absolute Gasteiger partial charge is 0.330 e. The molecule has 0 saturated carbocycles. The van der Waals surface area contributed by atoms with Gasteiger partial charge in [-0.3, -0.25) is 0 Å². The van der Waals surface area contributed by atoms with Gasteiger partial charge in [0.15, 0.2) is 0 Å². The maximum Gasteiger partial charge on any atom is 0.330 e. The fourth-order valence-corrected chi connectivity index (χ4v) is 2.95. The van der Waals surface area contributed by atoms with E-state index < -0.39 is 0 Å². The summed E-state index contributed by atoms with van der Waals surface area (Å²) in [6.45, 7) is 8.62. The van der Waals surface area contributed by atoms with E-state index in [0.717, 1.165) is 44.1 Å². The molecule has 0 aromatic heterocycles. The van der Waals surface area contributed by atoms with Crippen molar-refractivity contribution in [3.8, 4) is 0 Å². The van der Waals surface area contributed by atoms with Crippen molar-refractivity contribution in [3.63, 3.8) is 0 Å². The van der Waals surface area contributed by atoms with Crippen molar-refractivity contribution in [2.24, 2.45) is 0 Å². The highest BCUT2D eigenvalue weighted by molar-refractivity contribution is 5.82. The molecule has 1 aliphatic rings. The van der Waals surface area contributed by atoms with E-state index in [1.165, 1.54) is 19.1 Å². The Morgan fingerprint density at radius 3 is 2.59 bits per heavy atom. The van der Waals surface area contributed by atoms with Crippen molar-refractivity contribution in [1.29, 1.82) is 0 Å². The van der Waals surface area contributed by atoms with E-state index in [2.05, 4.69) is 31.6 Å². The lowest BCUT2D eigenvalue weighted by atomic mass is 9.95. The van der Waals surface area contributed by atoms with Gasteiger partial charge in [-0.15, -0.1) is 0 Å². The van der Waals surface area contributed by atoms with Gasteiger partial charge in [0, 0.05) is 6.08 Å². The van der Waals surface area contributed by atoms with Gasteiger partial charge in [0.25, 0.3) is 0 Å². The number of allylic oxidation sites excluding steroid dienone is 3. The predicted octanol–water partition coefficient (Wildman–Crippen LogP) is 4.96. The van der Waals surface area contributed by atoms with Gasteiger partial charge in [-0.2, -0.15) is 0 Å². The molecule has 3 nitrogen and oxygen atoms in total. The average molecular weight is 308 g/mol. The van der Waals surface area contributed by atoms with E-state index in [-0.39, 0.29) is 11.6 Å². The number of carbonyl (C=O) groups is 1. The molecule has 22 heavy (non-hydrogen) atoms. The number of rotatable bonds is 10. The number of epoxide rings is 1. The lowest BCUT2D eigenvalue weighted by Gasteiger charge is -2.08. The molecule has 0 bridgehead atoms. The highest BCUT2D eigenvalue weighted by Crippen LogP contribution is 2.42. The van der Waals surface area contributed by atoms with Gasteiger partial charge in [-0.05, 0) is 58.8 Å². The Balaban J connectivity index is 2.29. The van der Waals surface area contributed by atoms with Gasteiger partial charge in [0.1, 0.15) is 0 Å². The highest BCUT2D eigenvalue weighted by atomic mass is 16.6. The quantitative estimate of drug-likeness (QED) is 0.248. The van der Waals surface area contributed by atoms with Crippen LogP contribution < -0.4 is 0 Å². The van der Waals surface area contributed by atoms with E-state index in [9.17, 15) is 4.79 Å². The predicted molar refractivity (Wildman–Crippen MR) is 90.8 cm³/mol. The van der Waals surface area contributed by atoms with E-state index in [1.807, 2.05) is 6.92 Å². The minimum absolute atomic E-state index is 0.146. The number of hydrogen-bond donors (Lipinski definition) is 0. The number of carbonyl (C=O) groups excluding carboxylic acids is 1. The van der Waals surface area contributed by atoms with Crippen molar-refractivity contribution in [1.82, 2.24) is 0 Å². The summed E-state index contributed by atoms with van der Waals surface area (Å²) in [7, 11) is 1.41. The van der Waals surface area contributed by atoms with Gasteiger partial charge in [-0.1, -0.05) is 31.1 Å². The zero-order valence-corrected chi connectivity index (χ0v) is 14.9. The summed E-state index contributed by atoms with van der Waals surface area (Å²) in [4.78, 5) is 11.1. The normalized spacial score (nSPS) is 25.2. The molecule has 1 fully saturated rings. The molecule has 0 N–H and O–H groups in total. The summed E-state index contributed by atoms with van der Waals surface area (Å²) in [6.07, 6.45) is 12.0. The molecule has 2 unspecified atom stereocenters. The molecule has 0 aromatic rings. The van der Waals surface area contributed by atoms with Crippen molar-refractivity contribution in [2.45, 2.75) is 84.3 Å². The fourth-order valence-electron chi connectivity index (χ4n) is 2.95. The molecule has 1 rings (SSSR count). The van der Waals surface area contributed by atoms with E-state index in [0.29, 0.717) is 6.10 Å². The molecule has 2 atom stereocenters. The number of ether oxygens (including phenoxy) is 2. The minimum Gasteiger partial charge on any atom is -0.466 e. The van der Waals surface area contributed by atoms with Gasteiger partial charge in [-0.25, -0.2) is 4.79 Å².